The second-order valence-corrected chi connectivity index (χ2v) is 9.28. The van der Waals surface area contributed by atoms with Crippen molar-refractivity contribution in [3.05, 3.63) is 99.7 Å². The lowest BCUT2D eigenvalue weighted by Crippen LogP contribution is -2.54. The first-order valence-corrected chi connectivity index (χ1v) is 12.2. The van der Waals surface area contributed by atoms with Crippen molar-refractivity contribution in [3.8, 4) is 5.75 Å². The Balaban J connectivity index is 1.46. The number of aromatic nitrogens is 1. The summed E-state index contributed by atoms with van der Waals surface area (Å²) >= 11 is 12.4. The number of ether oxygens (including phenoxy) is 1. The molecule has 1 aliphatic heterocycles. The molecule has 5 rings (SSSR count). The minimum Gasteiger partial charge on any atom is -0.490 e. The maximum absolute atomic E-state index is 13.3. The van der Waals surface area contributed by atoms with E-state index in [-0.39, 0.29) is 11.3 Å². The van der Waals surface area contributed by atoms with Crippen LogP contribution in [0.4, 0.5) is 10.5 Å². The average Bonchev–Trinajstić information content (AvgIpc) is 3.22. The number of carbonyl (C=O) groups is 3. The van der Waals surface area contributed by atoms with Gasteiger partial charge < -0.3 is 9.30 Å². The monoisotopic (exact) mass is 533 g/mol. The topological polar surface area (TPSA) is 80.6 Å². The molecule has 9 heteroatoms. The quantitative estimate of drug-likeness (QED) is 0.243. The van der Waals surface area contributed by atoms with Crippen LogP contribution in [-0.4, -0.2) is 29.0 Å². The second-order valence-electron chi connectivity index (χ2n) is 8.47. The molecule has 0 saturated carbocycles. The molecule has 186 valence electrons. The minimum absolute atomic E-state index is 0.161. The normalized spacial score (nSPS) is 14.9. The van der Waals surface area contributed by atoms with E-state index in [9.17, 15) is 14.4 Å². The number of hydrogen-bond donors (Lipinski definition) is 1. The third kappa shape index (κ3) is 4.83. The van der Waals surface area contributed by atoms with Crippen molar-refractivity contribution in [1.82, 2.24) is 9.88 Å². The summed E-state index contributed by atoms with van der Waals surface area (Å²) in [6, 6.07) is 18.9. The Morgan fingerprint density at radius 1 is 0.946 bits per heavy atom. The first-order valence-electron chi connectivity index (χ1n) is 11.5. The van der Waals surface area contributed by atoms with Gasteiger partial charge in [-0.1, -0.05) is 59.6 Å². The highest BCUT2D eigenvalue weighted by Gasteiger charge is 2.37. The summed E-state index contributed by atoms with van der Waals surface area (Å²) in [4.78, 5) is 39.5. The number of nitrogens with zero attached hydrogens (tertiary/aromatic N) is 2. The standard InChI is InChI=1S/C28H21Cl2N3O4/c1-17-10-11-19(15-23(17)30)33-27(35)21(26(34)31-28(33)36)14-18-16-32(24-8-4-2-6-20(18)24)12-13-37-25-9-5-3-7-22(25)29/h2-11,14-16H,12-13H2,1H3,(H,31,34,36). The lowest BCUT2D eigenvalue weighted by Gasteiger charge is -2.26. The first-order chi connectivity index (χ1) is 17.8. The smallest absolute Gasteiger partial charge is 0.335 e. The summed E-state index contributed by atoms with van der Waals surface area (Å²) < 4.78 is 7.81. The van der Waals surface area contributed by atoms with Crippen LogP contribution in [0.5, 0.6) is 5.75 Å². The van der Waals surface area contributed by atoms with Crippen molar-refractivity contribution in [2.45, 2.75) is 13.5 Å². The van der Waals surface area contributed by atoms with E-state index < -0.39 is 17.8 Å². The van der Waals surface area contributed by atoms with Crippen LogP contribution in [0.3, 0.4) is 0 Å². The summed E-state index contributed by atoms with van der Waals surface area (Å²) in [5.41, 5.74) is 2.47. The summed E-state index contributed by atoms with van der Waals surface area (Å²) in [7, 11) is 0. The summed E-state index contributed by atoms with van der Waals surface area (Å²) in [5, 5.41) is 4.03. The molecular formula is C28H21Cl2N3O4. The highest BCUT2D eigenvalue weighted by molar-refractivity contribution is 6.39. The zero-order valence-corrected chi connectivity index (χ0v) is 21.2. The van der Waals surface area contributed by atoms with Gasteiger partial charge in [0, 0.05) is 27.7 Å². The molecule has 1 N–H and O–H groups in total. The molecule has 37 heavy (non-hydrogen) atoms. The molecule has 0 aliphatic carbocycles. The third-order valence-corrected chi connectivity index (χ3v) is 6.78. The van der Waals surface area contributed by atoms with Crippen LogP contribution in [0.2, 0.25) is 10.0 Å². The lowest BCUT2D eigenvalue weighted by molar-refractivity contribution is -0.122. The van der Waals surface area contributed by atoms with Crippen LogP contribution < -0.4 is 15.0 Å². The van der Waals surface area contributed by atoms with Gasteiger partial charge in [0.2, 0.25) is 0 Å². The van der Waals surface area contributed by atoms with Crippen molar-refractivity contribution in [2.75, 3.05) is 11.5 Å². The number of urea groups is 1. The van der Waals surface area contributed by atoms with E-state index in [2.05, 4.69) is 5.32 Å². The molecule has 3 aromatic carbocycles. The van der Waals surface area contributed by atoms with Crippen LogP contribution in [0, 0.1) is 6.92 Å². The number of barbiturate groups is 1. The number of anilines is 1. The van der Waals surface area contributed by atoms with Gasteiger partial charge in [0.15, 0.2) is 0 Å². The Morgan fingerprint density at radius 2 is 1.70 bits per heavy atom. The fraction of sp³-hybridized carbons (Fsp3) is 0.107. The number of benzene rings is 3. The number of fused-ring (bicyclic) bond motifs is 1. The summed E-state index contributed by atoms with van der Waals surface area (Å²) in [6.07, 6.45) is 3.35. The molecule has 1 aliphatic rings. The van der Waals surface area contributed by atoms with Crippen LogP contribution in [-0.2, 0) is 16.1 Å². The van der Waals surface area contributed by atoms with E-state index in [0.29, 0.717) is 34.5 Å². The molecule has 0 bridgehead atoms. The molecule has 7 nitrogen and oxygen atoms in total. The third-order valence-electron chi connectivity index (χ3n) is 6.06. The van der Waals surface area contributed by atoms with Gasteiger partial charge >= 0.3 is 6.03 Å². The fourth-order valence-electron chi connectivity index (χ4n) is 4.16. The highest BCUT2D eigenvalue weighted by Crippen LogP contribution is 2.29. The zero-order valence-electron chi connectivity index (χ0n) is 19.7. The van der Waals surface area contributed by atoms with Gasteiger partial charge in [-0.15, -0.1) is 0 Å². The Hall–Kier alpha value is -4.07. The zero-order chi connectivity index (χ0) is 26.1. The largest absolute Gasteiger partial charge is 0.490 e. The molecule has 1 aromatic heterocycles. The van der Waals surface area contributed by atoms with Crippen molar-refractivity contribution >= 4 is 63.7 Å². The minimum atomic E-state index is -0.828. The highest BCUT2D eigenvalue weighted by atomic mass is 35.5. The summed E-state index contributed by atoms with van der Waals surface area (Å²) in [6.45, 7) is 2.67. The van der Waals surface area contributed by atoms with Gasteiger partial charge in [-0.3, -0.25) is 14.9 Å². The van der Waals surface area contributed by atoms with Crippen LogP contribution >= 0.6 is 23.2 Å². The Labute approximate surface area is 222 Å². The van der Waals surface area contributed by atoms with Crippen LogP contribution in [0.15, 0.2) is 78.5 Å². The Bertz CT molecular complexity index is 1590. The fourth-order valence-corrected chi connectivity index (χ4v) is 4.52. The van der Waals surface area contributed by atoms with E-state index in [0.717, 1.165) is 21.4 Å². The number of hydrogen-bond acceptors (Lipinski definition) is 4. The molecule has 0 radical (unpaired) electrons. The number of rotatable bonds is 6. The number of para-hydroxylation sites is 2. The van der Waals surface area contributed by atoms with E-state index in [1.54, 1.807) is 24.3 Å². The van der Waals surface area contributed by atoms with Crippen molar-refractivity contribution in [1.29, 1.82) is 0 Å². The number of nitrogens with one attached hydrogen (secondary N) is 1. The Kier molecular flexibility index (Phi) is 6.74. The lowest BCUT2D eigenvalue weighted by atomic mass is 10.1. The molecule has 2 heterocycles. The Morgan fingerprint density at radius 3 is 2.49 bits per heavy atom. The van der Waals surface area contributed by atoms with Crippen molar-refractivity contribution in [3.63, 3.8) is 0 Å². The maximum Gasteiger partial charge on any atom is 0.335 e. The van der Waals surface area contributed by atoms with Gasteiger partial charge in [-0.25, -0.2) is 9.69 Å². The van der Waals surface area contributed by atoms with Gasteiger partial charge in [0.25, 0.3) is 11.8 Å². The predicted octanol–water partition coefficient (Wildman–Crippen LogP) is 6.00. The predicted molar refractivity (Wildman–Crippen MR) is 144 cm³/mol. The van der Waals surface area contributed by atoms with E-state index >= 15 is 0 Å². The molecule has 4 aromatic rings. The molecular weight excluding hydrogens is 513 g/mol. The molecule has 1 saturated heterocycles. The summed E-state index contributed by atoms with van der Waals surface area (Å²) in [5.74, 6) is -0.899. The molecule has 0 unspecified atom stereocenters. The molecule has 1 fully saturated rings. The number of halogens is 2. The van der Waals surface area contributed by atoms with Gasteiger partial charge in [-0.2, -0.15) is 0 Å². The van der Waals surface area contributed by atoms with E-state index in [4.69, 9.17) is 27.9 Å². The number of aryl methyl sites for hydroxylation is 1. The second kappa shape index (κ2) is 10.1. The molecule has 0 atom stereocenters. The van der Waals surface area contributed by atoms with Crippen LogP contribution in [0.25, 0.3) is 17.0 Å². The number of imide groups is 2. The van der Waals surface area contributed by atoms with Gasteiger partial charge in [-0.05, 0) is 48.9 Å². The SMILES string of the molecule is Cc1ccc(N2C(=O)NC(=O)C(=Cc3cn(CCOc4ccccc4Cl)c4ccccc34)C2=O)cc1Cl. The maximum atomic E-state index is 13.3. The van der Waals surface area contributed by atoms with Crippen LogP contribution in [0.1, 0.15) is 11.1 Å². The molecule has 0 spiro atoms. The van der Waals surface area contributed by atoms with Gasteiger partial charge in [0.05, 0.1) is 17.3 Å². The van der Waals surface area contributed by atoms with Crippen molar-refractivity contribution < 1.29 is 19.1 Å². The number of amides is 4. The van der Waals surface area contributed by atoms with Gasteiger partial charge in [0.1, 0.15) is 17.9 Å². The average molecular weight is 534 g/mol. The van der Waals surface area contributed by atoms with E-state index in [1.807, 2.05) is 54.1 Å². The molecule has 4 amide bonds. The first kappa shape index (κ1) is 24.6. The van der Waals surface area contributed by atoms with E-state index in [1.165, 1.54) is 12.1 Å². The van der Waals surface area contributed by atoms with Crippen molar-refractivity contribution in [2.24, 2.45) is 0 Å². The number of carbonyl (C=O) groups excluding carboxylic acids is 3.